The van der Waals surface area contributed by atoms with Gasteiger partial charge in [0.1, 0.15) is 0 Å². The average molecular weight is 256 g/mol. The van der Waals surface area contributed by atoms with Crippen LogP contribution < -0.4 is 5.56 Å². The van der Waals surface area contributed by atoms with Gasteiger partial charge in [0.25, 0.3) is 5.56 Å². The number of aromatic nitrogens is 1. The van der Waals surface area contributed by atoms with E-state index in [1.54, 1.807) is 0 Å². The largest absolute Gasteiger partial charge is 0.313 e. The van der Waals surface area contributed by atoms with Gasteiger partial charge in [-0.05, 0) is 44.0 Å². The smallest absolute Gasteiger partial charge is 0.258 e. The van der Waals surface area contributed by atoms with Crippen LogP contribution >= 0.6 is 0 Å². The molecule has 100 valence electrons. The van der Waals surface area contributed by atoms with Crippen molar-refractivity contribution in [3.8, 4) is 0 Å². The number of likely N-dealkylation sites (tertiary alicyclic amines) is 1. The van der Waals surface area contributed by atoms with Crippen molar-refractivity contribution in [2.45, 2.75) is 31.8 Å². The summed E-state index contributed by atoms with van der Waals surface area (Å²) in [5.41, 5.74) is 0.136. The lowest BCUT2D eigenvalue weighted by atomic mass is 10.0. The molecule has 1 aliphatic heterocycles. The molecule has 1 aromatic heterocycles. The number of hydrogen-bond donors (Lipinski definition) is 0. The number of benzene rings is 1. The summed E-state index contributed by atoms with van der Waals surface area (Å²) in [6, 6.07) is 10.3. The first-order valence-electron chi connectivity index (χ1n) is 7.04. The minimum absolute atomic E-state index is 0.136. The highest BCUT2D eigenvalue weighted by molar-refractivity contribution is 5.81. The molecule has 3 nitrogen and oxygen atoms in total. The van der Waals surface area contributed by atoms with Crippen LogP contribution in [0.2, 0.25) is 0 Å². The molecule has 0 N–H and O–H groups in total. The van der Waals surface area contributed by atoms with Gasteiger partial charge in [-0.3, -0.25) is 4.79 Å². The first-order chi connectivity index (χ1) is 9.25. The third kappa shape index (κ3) is 2.43. The fourth-order valence-electron chi connectivity index (χ4n) is 2.98. The molecule has 1 fully saturated rings. The summed E-state index contributed by atoms with van der Waals surface area (Å²) in [4.78, 5) is 14.8. The third-order valence-corrected chi connectivity index (χ3v) is 4.22. The summed E-state index contributed by atoms with van der Waals surface area (Å²) in [6.07, 6.45) is 5.68. The van der Waals surface area contributed by atoms with E-state index in [0.29, 0.717) is 6.04 Å². The van der Waals surface area contributed by atoms with E-state index in [2.05, 4.69) is 11.9 Å². The van der Waals surface area contributed by atoms with Crippen LogP contribution in [0.15, 0.2) is 41.3 Å². The van der Waals surface area contributed by atoms with E-state index >= 15 is 0 Å². The van der Waals surface area contributed by atoms with E-state index in [1.165, 1.54) is 19.3 Å². The zero-order chi connectivity index (χ0) is 13.2. The zero-order valence-corrected chi connectivity index (χ0v) is 11.4. The van der Waals surface area contributed by atoms with Crippen molar-refractivity contribution in [1.29, 1.82) is 0 Å². The van der Waals surface area contributed by atoms with Gasteiger partial charge in [0.05, 0.1) is 0 Å². The molecule has 0 bridgehead atoms. The number of hydrogen-bond acceptors (Lipinski definition) is 2. The molecule has 1 saturated heterocycles. The lowest BCUT2D eigenvalue weighted by Gasteiger charge is -2.32. The first-order valence-corrected chi connectivity index (χ1v) is 7.04. The predicted molar refractivity (Wildman–Crippen MR) is 78.5 cm³/mol. The molecule has 1 aliphatic rings. The van der Waals surface area contributed by atoms with Crippen molar-refractivity contribution < 1.29 is 0 Å². The molecule has 0 radical (unpaired) electrons. The highest BCUT2D eigenvalue weighted by Gasteiger charge is 2.19. The normalized spacial score (nSPS) is 20.8. The van der Waals surface area contributed by atoms with E-state index < -0.39 is 0 Å². The van der Waals surface area contributed by atoms with E-state index in [9.17, 15) is 4.79 Å². The molecule has 0 spiro atoms. The van der Waals surface area contributed by atoms with E-state index in [-0.39, 0.29) is 5.56 Å². The Morgan fingerprint density at radius 2 is 2.05 bits per heavy atom. The lowest BCUT2D eigenvalue weighted by Crippen LogP contribution is -2.41. The Morgan fingerprint density at radius 3 is 2.89 bits per heavy atom. The maximum Gasteiger partial charge on any atom is 0.258 e. The standard InChI is InChI=1S/C16H20N2O/c1-17-10-5-4-7-14(17)12-18-11-9-13-6-2-3-8-15(13)16(18)19/h2-3,6,8-9,11,14H,4-5,7,10,12H2,1H3/t14-/m1/s1. The molecule has 1 aromatic carbocycles. The average Bonchev–Trinajstić information content (AvgIpc) is 2.44. The van der Waals surface area contributed by atoms with Gasteiger partial charge < -0.3 is 9.47 Å². The summed E-state index contributed by atoms with van der Waals surface area (Å²) in [5, 5.41) is 1.85. The monoisotopic (exact) mass is 256 g/mol. The summed E-state index contributed by atoms with van der Waals surface area (Å²) < 4.78 is 1.87. The molecule has 2 heterocycles. The van der Waals surface area contributed by atoms with Gasteiger partial charge in [0, 0.05) is 24.2 Å². The van der Waals surface area contributed by atoms with Gasteiger partial charge in [-0.25, -0.2) is 0 Å². The Hall–Kier alpha value is -1.61. The predicted octanol–water partition coefficient (Wildman–Crippen LogP) is 2.49. The molecule has 3 heteroatoms. The van der Waals surface area contributed by atoms with Crippen molar-refractivity contribution in [2.24, 2.45) is 0 Å². The van der Waals surface area contributed by atoms with Gasteiger partial charge in [-0.15, -0.1) is 0 Å². The van der Waals surface area contributed by atoms with Gasteiger partial charge in [0.2, 0.25) is 0 Å². The summed E-state index contributed by atoms with van der Waals surface area (Å²) in [6.45, 7) is 1.95. The van der Waals surface area contributed by atoms with Gasteiger partial charge in [-0.2, -0.15) is 0 Å². The number of pyridine rings is 1. The van der Waals surface area contributed by atoms with Crippen LogP contribution in [0.1, 0.15) is 19.3 Å². The molecule has 0 amide bonds. The maximum atomic E-state index is 12.5. The molecule has 19 heavy (non-hydrogen) atoms. The Morgan fingerprint density at radius 1 is 1.21 bits per heavy atom. The first kappa shape index (κ1) is 12.4. The second kappa shape index (κ2) is 5.17. The van der Waals surface area contributed by atoms with Gasteiger partial charge >= 0.3 is 0 Å². The van der Waals surface area contributed by atoms with Crippen LogP contribution in [0.5, 0.6) is 0 Å². The van der Waals surface area contributed by atoms with E-state index in [4.69, 9.17) is 0 Å². The van der Waals surface area contributed by atoms with Crippen LogP contribution in [-0.2, 0) is 6.54 Å². The Balaban J connectivity index is 1.93. The Bertz CT molecular complexity index is 632. The van der Waals surface area contributed by atoms with Gasteiger partial charge in [-0.1, -0.05) is 24.6 Å². The SMILES string of the molecule is CN1CCCC[C@@H]1Cn1ccc2ccccc2c1=O. The van der Waals surface area contributed by atoms with Crippen LogP contribution in [0.25, 0.3) is 10.8 Å². The number of likely N-dealkylation sites (N-methyl/N-ethyl adjacent to an activating group) is 1. The van der Waals surface area contributed by atoms with Crippen LogP contribution in [0.4, 0.5) is 0 Å². The fourth-order valence-corrected chi connectivity index (χ4v) is 2.98. The fraction of sp³-hybridized carbons (Fsp3) is 0.438. The maximum absolute atomic E-state index is 12.5. The Labute approximate surface area is 113 Å². The quantitative estimate of drug-likeness (QED) is 0.825. The second-order valence-electron chi connectivity index (χ2n) is 5.49. The third-order valence-electron chi connectivity index (χ3n) is 4.22. The highest BCUT2D eigenvalue weighted by Crippen LogP contribution is 2.16. The zero-order valence-electron chi connectivity index (χ0n) is 11.4. The molecular formula is C16H20N2O. The molecule has 3 rings (SSSR count). The second-order valence-corrected chi connectivity index (χ2v) is 5.49. The minimum atomic E-state index is 0.136. The van der Waals surface area contributed by atoms with Crippen LogP contribution in [-0.4, -0.2) is 29.1 Å². The lowest BCUT2D eigenvalue weighted by molar-refractivity contribution is 0.166. The van der Waals surface area contributed by atoms with Gasteiger partial charge in [0.15, 0.2) is 0 Å². The Kier molecular flexibility index (Phi) is 3.38. The van der Waals surface area contributed by atoms with E-state index in [1.807, 2.05) is 41.1 Å². The van der Waals surface area contributed by atoms with Crippen molar-refractivity contribution in [3.63, 3.8) is 0 Å². The molecule has 0 unspecified atom stereocenters. The van der Waals surface area contributed by atoms with E-state index in [0.717, 1.165) is 23.9 Å². The van der Waals surface area contributed by atoms with Crippen molar-refractivity contribution in [2.75, 3.05) is 13.6 Å². The summed E-state index contributed by atoms with van der Waals surface area (Å²) >= 11 is 0. The number of fused-ring (bicyclic) bond motifs is 1. The number of rotatable bonds is 2. The molecule has 0 saturated carbocycles. The summed E-state index contributed by atoms with van der Waals surface area (Å²) in [7, 11) is 2.16. The van der Waals surface area contributed by atoms with Crippen LogP contribution in [0.3, 0.4) is 0 Å². The highest BCUT2D eigenvalue weighted by atomic mass is 16.1. The molecule has 1 atom stereocenters. The number of nitrogens with zero attached hydrogens (tertiary/aromatic N) is 2. The number of piperidine rings is 1. The molecule has 2 aromatic rings. The van der Waals surface area contributed by atoms with Crippen molar-refractivity contribution >= 4 is 10.8 Å². The van der Waals surface area contributed by atoms with Crippen LogP contribution in [0, 0.1) is 0 Å². The summed E-state index contributed by atoms with van der Waals surface area (Å²) in [5.74, 6) is 0. The van der Waals surface area contributed by atoms with Crippen molar-refractivity contribution in [1.82, 2.24) is 9.47 Å². The molecular weight excluding hydrogens is 236 g/mol. The molecule has 0 aliphatic carbocycles. The van der Waals surface area contributed by atoms with Crippen molar-refractivity contribution in [3.05, 3.63) is 46.9 Å². The topological polar surface area (TPSA) is 25.2 Å². The minimum Gasteiger partial charge on any atom is -0.313 e.